The number of fused-ring (bicyclic) bond motifs is 1. The number of nitrogens with zero attached hydrogens (tertiary/aromatic N) is 1. The highest BCUT2D eigenvalue weighted by molar-refractivity contribution is 8.00. The Kier molecular flexibility index (Phi) is 10.8. The molecule has 0 spiro atoms. The largest absolute Gasteiger partial charge is 0.490 e. The number of nitrogens with one attached hydrogen (secondary N) is 2. The molecule has 3 amide bonds. The fraction of sp³-hybridized carbons (Fsp3) is 0.250. The third-order valence-electron chi connectivity index (χ3n) is 8.17. The average molecular weight is 706 g/mol. The lowest BCUT2D eigenvalue weighted by molar-refractivity contribution is -0.155. The summed E-state index contributed by atoms with van der Waals surface area (Å²) in [7, 11) is 0. The topological polar surface area (TPSA) is 123 Å². The molecule has 51 heavy (non-hydrogen) atoms. The van der Waals surface area contributed by atoms with E-state index in [1.807, 2.05) is 91.0 Å². The lowest BCUT2D eigenvalue weighted by atomic mass is 10.0. The second kappa shape index (κ2) is 15.6. The minimum atomic E-state index is -1.14. The van der Waals surface area contributed by atoms with Crippen molar-refractivity contribution in [1.82, 2.24) is 15.5 Å². The molecule has 4 aromatic rings. The molecule has 0 saturated carbocycles. The summed E-state index contributed by atoms with van der Waals surface area (Å²) in [6.07, 6.45) is -1.53. The van der Waals surface area contributed by atoms with E-state index < -0.39 is 53.0 Å². The first kappa shape index (κ1) is 35.3. The standard InChI is InChI=1S/C40H39N3O7S/c1-40(2,3)50-39(47)42-31(27-18-10-5-11-19-27)35(44)41-32-36(45)43-33(30(25-51-37(32)43)48-24-26-16-8-4-9-17-26)38(46)49-34(28-20-12-6-13-21-28)29-22-14-7-15-23-29/h4-23,31-32,34,37H,24-25H2,1-3H3,(H,41,44)(H,42,47)/t31?,32-,37+/m1/s1. The fourth-order valence-electron chi connectivity index (χ4n) is 5.79. The Morgan fingerprint density at radius 1 is 0.804 bits per heavy atom. The molecule has 4 aromatic carbocycles. The number of amides is 3. The first-order chi connectivity index (χ1) is 24.6. The SMILES string of the molecule is CC(C)(C)OC(=O)NC(C(=O)N[C@@H]1C(=O)N2C(C(=O)OC(c3ccccc3)c3ccccc3)=C(OCc3ccccc3)CS[C@@H]12)c1ccccc1. The zero-order valence-corrected chi connectivity index (χ0v) is 29.3. The first-order valence-electron chi connectivity index (χ1n) is 16.6. The summed E-state index contributed by atoms with van der Waals surface area (Å²) in [6, 6.07) is 34.8. The molecule has 1 fully saturated rings. The summed E-state index contributed by atoms with van der Waals surface area (Å²) < 4.78 is 17.8. The Morgan fingerprint density at radius 3 is 1.88 bits per heavy atom. The van der Waals surface area contributed by atoms with Crippen molar-refractivity contribution in [2.75, 3.05) is 5.75 Å². The van der Waals surface area contributed by atoms with Crippen LogP contribution in [0.1, 0.15) is 55.2 Å². The van der Waals surface area contributed by atoms with Gasteiger partial charge in [-0.1, -0.05) is 121 Å². The third-order valence-corrected chi connectivity index (χ3v) is 9.42. The molecule has 10 nitrogen and oxygen atoms in total. The molecular formula is C40H39N3O7S. The van der Waals surface area contributed by atoms with Crippen molar-refractivity contribution in [2.24, 2.45) is 0 Å². The van der Waals surface area contributed by atoms with Crippen LogP contribution in [0.5, 0.6) is 0 Å². The number of benzene rings is 4. The van der Waals surface area contributed by atoms with E-state index in [-0.39, 0.29) is 18.1 Å². The van der Waals surface area contributed by atoms with Crippen molar-refractivity contribution in [1.29, 1.82) is 0 Å². The molecule has 3 atom stereocenters. The predicted octanol–water partition coefficient (Wildman–Crippen LogP) is 6.41. The molecule has 11 heteroatoms. The summed E-state index contributed by atoms with van der Waals surface area (Å²) in [5.74, 6) is -1.28. The van der Waals surface area contributed by atoms with Crippen molar-refractivity contribution in [2.45, 2.75) is 56.5 Å². The van der Waals surface area contributed by atoms with Crippen LogP contribution in [-0.4, -0.2) is 51.5 Å². The van der Waals surface area contributed by atoms with Gasteiger partial charge in [0.1, 0.15) is 35.4 Å². The quantitative estimate of drug-likeness (QED) is 0.136. The molecule has 2 aliphatic heterocycles. The minimum absolute atomic E-state index is 0.00599. The molecule has 2 N–H and O–H groups in total. The van der Waals surface area contributed by atoms with Crippen LogP contribution in [0.4, 0.5) is 4.79 Å². The Labute approximate surface area is 301 Å². The van der Waals surface area contributed by atoms with Crippen LogP contribution in [0, 0.1) is 0 Å². The van der Waals surface area contributed by atoms with E-state index in [0.717, 1.165) is 16.7 Å². The maximum Gasteiger partial charge on any atom is 0.408 e. The minimum Gasteiger partial charge on any atom is -0.490 e. The molecule has 2 aliphatic rings. The molecule has 6 rings (SSSR count). The van der Waals surface area contributed by atoms with Gasteiger partial charge in [0.15, 0.2) is 11.8 Å². The normalized spacial score (nSPS) is 17.5. The lowest BCUT2D eigenvalue weighted by Gasteiger charge is -2.49. The van der Waals surface area contributed by atoms with E-state index >= 15 is 0 Å². The number of carbonyl (C=O) groups excluding carboxylic acids is 4. The Balaban J connectivity index is 1.26. The van der Waals surface area contributed by atoms with Crippen molar-refractivity contribution < 1.29 is 33.4 Å². The van der Waals surface area contributed by atoms with Crippen LogP contribution in [-0.2, 0) is 35.2 Å². The monoisotopic (exact) mass is 705 g/mol. The molecule has 0 aromatic heterocycles. The van der Waals surface area contributed by atoms with Gasteiger partial charge in [0, 0.05) is 0 Å². The van der Waals surface area contributed by atoms with Gasteiger partial charge in [-0.2, -0.15) is 0 Å². The molecule has 2 heterocycles. The van der Waals surface area contributed by atoms with E-state index in [1.54, 1.807) is 51.1 Å². The van der Waals surface area contributed by atoms with E-state index in [9.17, 15) is 19.2 Å². The summed E-state index contributed by atoms with van der Waals surface area (Å²) in [5, 5.41) is 4.83. The Hall–Kier alpha value is -5.55. The second-order valence-corrected chi connectivity index (χ2v) is 14.1. The maximum atomic E-state index is 14.3. The molecule has 262 valence electrons. The van der Waals surface area contributed by atoms with Crippen LogP contribution in [0.3, 0.4) is 0 Å². The summed E-state index contributed by atoms with van der Waals surface area (Å²) in [6.45, 7) is 5.35. The van der Waals surface area contributed by atoms with E-state index in [4.69, 9.17) is 14.2 Å². The van der Waals surface area contributed by atoms with Gasteiger partial charge >= 0.3 is 12.1 Å². The zero-order valence-electron chi connectivity index (χ0n) is 28.5. The highest BCUT2D eigenvalue weighted by Gasteiger charge is 2.55. The average Bonchev–Trinajstić information content (AvgIpc) is 3.14. The number of esters is 1. The Morgan fingerprint density at radius 2 is 1.33 bits per heavy atom. The number of carbonyl (C=O) groups is 4. The van der Waals surface area contributed by atoms with E-state index in [2.05, 4.69) is 10.6 Å². The van der Waals surface area contributed by atoms with Crippen LogP contribution in [0.2, 0.25) is 0 Å². The van der Waals surface area contributed by atoms with Gasteiger partial charge in [-0.25, -0.2) is 9.59 Å². The predicted molar refractivity (Wildman–Crippen MR) is 193 cm³/mol. The van der Waals surface area contributed by atoms with Gasteiger partial charge in [0.05, 0.1) is 5.75 Å². The smallest absolute Gasteiger partial charge is 0.408 e. The molecule has 0 aliphatic carbocycles. The van der Waals surface area contributed by atoms with Gasteiger partial charge in [-0.05, 0) is 43.0 Å². The van der Waals surface area contributed by atoms with Gasteiger partial charge < -0.3 is 24.8 Å². The number of ether oxygens (including phenoxy) is 3. The molecule has 0 bridgehead atoms. The molecule has 1 saturated heterocycles. The van der Waals surface area contributed by atoms with Gasteiger partial charge in [-0.15, -0.1) is 11.8 Å². The second-order valence-electron chi connectivity index (χ2n) is 13.0. The summed E-state index contributed by atoms with van der Waals surface area (Å²) >= 11 is 1.36. The fourth-order valence-corrected chi connectivity index (χ4v) is 7.07. The number of alkyl carbamates (subject to hydrolysis) is 1. The number of thioether (sulfide) groups is 1. The van der Waals surface area contributed by atoms with Crippen LogP contribution in [0.25, 0.3) is 0 Å². The highest BCUT2D eigenvalue weighted by atomic mass is 32.2. The van der Waals surface area contributed by atoms with E-state index in [0.29, 0.717) is 11.3 Å². The molecule has 0 radical (unpaired) electrons. The zero-order chi connectivity index (χ0) is 36.0. The third kappa shape index (κ3) is 8.43. The molecule has 1 unspecified atom stereocenters. The van der Waals surface area contributed by atoms with Gasteiger partial charge in [-0.3, -0.25) is 14.5 Å². The number of hydrogen-bond acceptors (Lipinski definition) is 8. The Bertz CT molecular complexity index is 1840. The number of rotatable bonds is 11. The summed E-state index contributed by atoms with van der Waals surface area (Å²) in [5.41, 5.74) is 2.12. The van der Waals surface area contributed by atoms with Crippen LogP contribution in [0.15, 0.2) is 133 Å². The molecular weight excluding hydrogens is 667 g/mol. The van der Waals surface area contributed by atoms with Crippen LogP contribution >= 0.6 is 11.8 Å². The van der Waals surface area contributed by atoms with E-state index in [1.165, 1.54) is 16.7 Å². The van der Waals surface area contributed by atoms with Gasteiger partial charge in [0.2, 0.25) is 5.91 Å². The van der Waals surface area contributed by atoms with Crippen molar-refractivity contribution in [3.05, 3.63) is 155 Å². The van der Waals surface area contributed by atoms with Crippen LogP contribution < -0.4 is 10.6 Å². The highest BCUT2D eigenvalue weighted by Crippen LogP contribution is 2.42. The first-order valence-corrected chi connectivity index (χ1v) is 17.6. The van der Waals surface area contributed by atoms with Crippen molar-refractivity contribution >= 4 is 35.6 Å². The van der Waals surface area contributed by atoms with Crippen molar-refractivity contribution in [3.63, 3.8) is 0 Å². The summed E-state index contributed by atoms with van der Waals surface area (Å²) in [4.78, 5) is 56.1. The lowest BCUT2D eigenvalue weighted by Crippen LogP contribution is -2.71. The number of β-lactam (4-membered cyclic amide) rings is 1. The van der Waals surface area contributed by atoms with Gasteiger partial charge in [0.25, 0.3) is 5.91 Å². The van der Waals surface area contributed by atoms with Crippen molar-refractivity contribution in [3.8, 4) is 0 Å². The maximum absolute atomic E-state index is 14.3. The number of hydrogen-bond donors (Lipinski definition) is 2.